The summed E-state index contributed by atoms with van der Waals surface area (Å²) < 4.78 is 12.0. The number of thiophene rings is 1. The van der Waals surface area contributed by atoms with Gasteiger partial charge in [-0.05, 0) is 59.7 Å². The predicted molar refractivity (Wildman–Crippen MR) is 233 cm³/mol. The highest BCUT2D eigenvalue weighted by Gasteiger charge is 2.41. The summed E-state index contributed by atoms with van der Waals surface area (Å²) in [5, 5.41) is 3.56. The molecule has 0 bridgehead atoms. The summed E-state index contributed by atoms with van der Waals surface area (Å²) in [6.45, 7) is 0. The van der Waals surface area contributed by atoms with E-state index in [1.165, 1.54) is 31.3 Å². The Kier molecular flexibility index (Phi) is 7.16. The molecular weight excluding hydrogens is 717 g/mol. The van der Waals surface area contributed by atoms with Crippen molar-refractivity contribution in [1.29, 1.82) is 0 Å². The molecule has 57 heavy (non-hydrogen) atoms. The lowest BCUT2D eigenvalue weighted by Crippen LogP contribution is -2.13. The first-order valence-electron chi connectivity index (χ1n) is 19.3. The van der Waals surface area contributed by atoms with Gasteiger partial charge in [0.2, 0.25) is 0 Å². The maximum atomic E-state index is 7.20. The molecule has 6 heteroatoms. The SMILES string of the molecule is C1=CC2c3cccc(-c4nc(-c5cccc(-c6ccccc6)c5)nc(-c5cccc6sc7ccccc7c56)n4)c3OC2c2c1n(-c1ccccc1)c1ccccc21. The largest absolute Gasteiger partial charge is 0.484 e. The molecule has 4 heterocycles. The molecule has 3 aromatic heterocycles. The fraction of sp³-hybridized carbons (Fsp3) is 0.0392. The lowest BCUT2D eigenvalue weighted by atomic mass is 9.85. The first-order chi connectivity index (χ1) is 28.3. The van der Waals surface area contributed by atoms with Crippen molar-refractivity contribution < 1.29 is 4.74 Å². The summed E-state index contributed by atoms with van der Waals surface area (Å²) in [5.41, 5.74) is 10.8. The van der Waals surface area contributed by atoms with Crippen LogP contribution in [0.2, 0.25) is 0 Å². The minimum atomic E-state index is -0.203. The summed E-state index contributed by atoms with van der Waals surface area (Å²) in [6, 6.07) is 59.6. The zero-order valence-electron chi connectivity index (χ0n) is 30.6. The molecule has 2 atom stereocenters. The third-order valence-corrected chi connectivity index (χ3v) is 12.6. The van der Waals surface area contributed by atoms with Crippen molar-refractivity contribution in [3.8, 4) is 56.7 Å². The van der Waals surface area contributed by atoms with Gasteiger partial charge in [0, 0.05) is 59.4 Å². The molecule has 0 saturated heterocycles. The van der Waals surface area contributed by atoms with Crippen molar-refractivity contribution in [3.05, 3.63) is 193 Å². The second-order valence-corrected chi connectivity index (χ2v) is 15.7. The fourth-order valence-electron chi connectivity index (χ4n) is 8.90. The van der Waals surface area contributed by atoms with E-state index in [0.29, 0.717) is 17.5 Å². The second kappa shape index (κ2) is 12.7. The number of nitrogens with zero attached hydrogens (tertiary/aromatic N) is 4. The smallest absolute Gasteiger partial charge is 0.167 e. The van der Waals surface area contributed by atoms with Gasteiger partial charge in [-0.15, -0.1) is 11.3 Å². The Balaban J connectivity index is 1.05. The molecule has 1 aliphatic heterocycles. The molecule has 268 valence electrons. The van der Waals surface area contributed by atoms with Gasteiger partial charge in [0.05, 0.1) is 16.8 Å². The fourth-order valence-corrected chi connectivity index (χ4v) is 10.0. The van der Waals surface area contributed by atoms with Crippen LogP contribution in [0.25, 0.3) is 88.1 Å². The number of para-hydroxylation sites is 3. The Morgan fingerprint density at radius 2 is 1.18 bits per heavy atom. The molecule has 2 unspecified atom stereocenters. The topological polar surface area (TPSA) is 52.8 Å². The Morgan fingerprint density at radius 3 is 2.05 bits per heavy atom. The van der Waals surface area contributed by atoms with Crippen LogP contribution in [0.3, 0.4) is 0 Å². The van der Waals surface area contributed by atoms with Crippen molar-refractivity contribution in [1.82, 2.24) is 19.5 Å². The summed E-state index contributed by atoms with van der Waals surface area (Å²) in [4.78, 5) is 15.9. The van der Waals surface area contributed by atoms with Gasteiger partial charge in [-0.2, -0.15) is 0 Å². The van der Waals surface area contributed by atoms with Crippen molar-refractivity contribution in [2.24, 2.45) is 0 Å². The quantitative estimate of drug-likeness (QED) is 0.176. The van der Waals surface area contributed by atoms with Gasteiger partial charge < -0.3 is 9.30 Å². The summed E-state index contributed by atoms with van der Waals surface area (Å²) in [5.74, 6) is 2.70. The molecule has 0 spiro atoms. The Bertz CT molecular complexity index is 3240. The van der Waals surface area contributed by atoms with E-state index in [4.69, 9.17) is 19.7 Å². The first-order valence-corrected chi connectivity index (χ1v) is 20.1. The summed E-state index contributed by atoms with van der Waals surface area (Å²) in [6.07, 6.45) is 4.38. The van der Waals surface area contributed by atoms with E-state index in [1.54, 1.807) is 11.3 Å². The standard InChI is InChI=1S/C51H32N4OS/c1-3-14-31(15-4-1)32-16-11-17-33(30-32)49-52-50(39-23-13-27-44-45(39)38-21-8-10-26-43(38)57-44)54-51(53-49)40-24-12-22-35-36-28-29-42-46(48(36)56-47(35)40)37-20-7-9-25-41(37)55(42)34-18-5-2-6-19-34/h1-30,36,48H. The molecule has 0 fully saturated rings. The minimum Gasteiger partial charge on any atom is -0.484 e. The van der Waals surface area contributed by atoms with E-state index in [2.05, 4.69) is 181 Å². The molecule has 0 amide bonds. The number of aromatic nitrogens is 4. The third-order valence-electron chi connectivity index (χ3n) is 11.4. The maximum absolute atomic E-state index is 7.20. The Hall–Kier alpha value is -7.15. The molecule has 7 aromatic carbocycles. The van der Waals surface area contributed by atoms with E-state index in [1.807, 2.05) is 6.07 Å². The van der Waals surface area contributed by atoms with Crippen molar-refractivity contribution in [2.45, 2.75) is 12.0 Å². The van der Waals surface area contributed by atoms with Crippen LogP contribution in [0, 0.1) is 0 Å². The van der Waals surface area contributed by atoms with Gasteiger partial charge in [-0.1, -0.05) is 133 Å². The highest BCUT2D eigenvalue weighted by atomic mass is 32.1. The van der Waals surface area contributed by atoms with E-state index in [0.717, 1.165) is 55.9 Å². The van der Waals surface area contributed by atoms with Gasteiger partial charge in [0.15, 0.2) is 17.5 Å². The number of rotatable bonds is 5. The van der Waals surface area contributed by atoms with Crippen molar-refractivity contribution >= 4 is 48.5 Å². The summed E-state index contributed by atoms with van der Waals surface area (Å²) in [7, 11) is 0. The third kappa shape index (κ3) is 5.04. The van der Waals surface area contributed by atoms with Crippen LogP contribution in [0.4, 0.5) is 0 Å². The number of benzene rings is 7. The molecule has 0 N–H and O–H groups in total. The van der Waals surface area contributed by atoms with Gasteiger partial charge >= 0.3 is 0 Å². The van der Waals surface area contributed by atoms with Crippen LogP contribution in [0.1, 0.15) is 28.8 Å². The van der Waals surface area contributed by atoms with E-state index in [9.17, 15) is 0 Å². The van der Waals surface area contributed by atoms with Crippen molar-refractivity contribution in [2.75, 3.05) is 0 Å². The van der Waals surface area contributed by atoms with Crippen LogP contribution >= 0.6 is 11.3 Å². The van der Waals surface area contributed by atoms with Gasteiger partial charge in [0.1, 0.15) is 11.9 Å². The van der Waals surface area contributed by atoms with Crippen LogP contribution < -0.4 is 4.74 Å². The predicted octanol–water partition coefficient (Wildman–Crippen LogP) is 13.1. The average molecular weight is 749 g/mol. The molecule has 12 rings (SSSR count). The first kappa shape index (κ1) is 32.1. The monoisotopic (exact) mass is 748 g/mol. The van der Waals surface area contributed by atoms with Gasteiger partial charge in [-0.25, -0.2) is 15.0 Å². The lowest BCUT2D eigenvalue weighted by molar-refractivity contribution is 0.225. The van der Waals surface area contributed by atoms with Crippen LogP contribution in [0.5, 0.6) is 5.75 Å². The molecule has 1 aliphatic carbocycles. The zero-order valence-corrected chi connectivity index (χ0v) is 31.4. The number of fused-ring (bicyclic) bond motifs is 10. The van der Waals surface area contributed by atoms with Crippen LogP contribution in [-0.4, -0.2) is 19.5 Å². The Morgan fingerprint density at radius 1 is 0.526 bits per heavy atom. The second-order valence-electron chi connectivity index (χ2n) is 14.7. The van der Waals surface area contributed by atoms with Crippen LogP contribution in [0.15, 0.2) is 176 Å². The van der Waals surface area contributed by atoms with Gasteiger partial charge in [0.25, 0.3) is 0 Å². The number of hydrogen-bond acceptors (Lipinski definition) is 5. The lowest BCUT2D eigenvalue weighted by Gasteiger charge is -2.22. The molecule has 0 radical (unpaired) electrons. The minimum absolute atomic E-state index is 0.0386. The molecule has 0 saturated carbocycles. The molecular formula is C51H32N4OS. The van der Waals surface area contributed by atoms with E-state index < -0.39 is 0 Å². The van der Waals surface area contributed by atoms with E-state index >= 15 is 0 Å². The normalized spacial score (nSPS) is 15.4. The highest BCUT2D eigenvalue weighted by molar-refractivity contribution is 7.25. The Labute approximate surface area is 332 Å². The molecule has 10 aromatic rings. The zero-order chi connectivity index (χ0) is 37.5. The van der Waals surface area contributed by atoms with Gasteiger partial charge in [-0.3, -0.25) is 0 Å². The molecule has 5 nitrogen and oxygen atoms in total. The maximum Gasteiger partial charge on any atom is 0.167 e. The number of ether oxygens (including phenoxy) is 1. The number of hydrogen-bond donors (Lipinski definition) is 0. The van der Waals surface area contributed by atoms with Crippen molar-refractivity contribution in [3.63, 3.8) is 0 Å². The van der Waals surface area contributed by atoms with E-state index in [-0.39, 0.29) is 12.0 Å². The molecule has 2 aliphatic rings. The highest BCUT2D eigenvalue weighted by Crippen LogP contribution is 2.55. The average Bonchev–Trinajstić information content (AvgIpc) is 3.96. The summed E-state index contributed by atoms with van der Waals surface area (Å²) >= 11 is 1.79. The van der Waals surface area contributed by atoms with Crippen LogP contribution in [-0.2, 0) is 0 Å².